The maximum atomic E-state index is 10.4. The Bertz CT molecular complexity index is 1030. The minimum absolute atomic E-state index is 0.232. The molecule has 2 heterocycles. The molecule has 5 atom stereocenters. The fourth-order valence-corrected chi connectivity index (χ4v) is 6.09. The largest absolute Gasteiger partial charge is 0.447 e. The van der Waals surface area contributed by atoms with Gasteiger partial charge in [-0.1, -0.05) is 49.0 Å². The molecule has 6 nitrogen and oxygen atoms in total. The summed E-state index contributed by atoms with van der Waals surface area (Å²) >= 11 is 12.5. The van der Waals surface area contributed by atoms with Gasteiger partial charge in [-0.05, 0) is 30.9 Å². The first-order chi connectivity index (χ1) is 14.3. The molecule has 2 saturated heterocycles. The van der Waals surface area contributed by atoms with E-state index in [1.165, 1.54) is 6.07 Å². The molecule has 0 aromatic heterocycles. The van der Waals surface area contributed by atoms with E-state index >= 15 is 0 Å². The van der Waals surface area contributed by atoms with Gasteiger partial charge in [-0.2, -0.15) is 15.8 Å². The van der Waals surface area contributed by atoms with Crippen LogP contribution in [0.2, 0.25) is 10.0 Å². The first kappa shape index (κ1) is 21.0. The van der Waals surface area contributed by atoms with Crippen LogP contribution in [0.5, 0.6) is 0 Å². The molecule has 8 heteroatoms. The Hall–Kier alpha value is -2.30. The molecule has 0 radical (unpaired) electrons. The maximum Gasteiger partial charge on any atom is 0.217 e. The number of nitrogens with one attached hydrogen (secondary N) is 1. The average Bonchev–Trinajstić information content (AvgIpc) is 2.92. The summed E-state index contributed by atoms with van der Waals surface area (Å²) in [6.45, 7) is 2.10. The molecule has 4 rings (SSSR count). The third-order valence-corrected chi connectivity index (χ3v) is 7.52. The van der Waals surface area contributed by atoms with Gasteiger partial charge in [-0.25, -0.2) is 0 Å². The van der Waals surface area contributed by atoms with Crippen LogP contribution >= 0.6 is 23.2 Å². The van der Waals surface area contributed by atoms with Crippen LogP contribution in [0.4, 0.5) is 0 Å². The summed E-state index contributed by atoms with van der Waals surface area (Å²) in [5, 5.41) is 40.2. The fraction of sp³-hybridized carbons (Fsp3) is 0.545. The van der Waals surface area contributed by atoms with Gasteiger partial charge in [0.15, 0.2) is 5.41 Å². The summed E-state index contributed by atoms with van der Waals surface area (Å²) in [5.41, 5.74) is -3.35. The Balaban J connectivity index is 1.95. The van der Waals surface area contributed by atoms with Crippen LogP contribution in [0.1, 0.15) is 50.7 Å². The molecular formula is C22H20Cl2N4O2. The molecule has 3 aliphatic rings. The number of nitrogens with zero attached hydrogens (tertiary/aromatic N) is 3. The molecule has 1 aliphatic carbocycles. The van der Waals surface area contributed by atoms with Crippen LogP contribution in [0.3, 0.4) is 0 Å². The number of ether oxygens (including phenoxy) is 2. The molecule has 1 N–H and O–H groups in total. The lowest BCUT2D eigenvalue weighted by Crippen LogP contribution is -2.61. The lowest BCUT2D eigenvalue weighted by atomic mass is 9.50. The zero-order valence-corrected chi connectivity index (χ0v) is 17.9. The van der Waals surface area contributed by atoms with Crippen molar-refractivity contribution in [3.05, 3.63) is 33.8 Å². The van der Waals surface area contributed by atoms with E-state index < -0.39 is 28.6 Å². The maximum absolute atomic E-state index is 10.4. The van der Waals surface area contributed by atoms with E-state index in [2.05, 4.69) is 25.1 Å². The minimum Gasteiger partial charge on any atom is -0.447 e. The molecule has 154 valence electrons. The first-order valence-electron chi connectivity index (χ1n) is 9.98. The second-order valence-electron chi connectivity index (χ2n) is 8.34. The highest BCUT2D eigenvalue weighted by Crippen LogP contribution is 2.70. The molecule has 0 spiro atoms. The number of rotatable bonds is 3. The quantitative estimate of drug-likeness (QED) is 0.660. The van der Waals surface area contributed by atoms with Gasteiger partial charge in [0, 0.05) is 22.0 Å². The molecule has 0 amide bonds. The van der Waals surface area contributed by atoms with Gasteiger partial charge < -0.3 is 9.47 Å². The first-order valence-corrected chi connectivity index (χ1v) is 10.7. The van der Waals surface area contributed by atoms with Gasteiger partial charge in [0.1, 0.15) is 6.10 Å². The third kappa shape index (κ3) is 2.47. The predicted octanol–water partition coefficient (Wildman–Crippen LogP) is 5.53. The van der Waals surface area contributed by atoms with Crippen molar-refractivity contribution in [1.82, 2.24) is 0 Å². The number of nitriles is 3. The summed E-state index contributed by atoms with van der Waals surface area (Å²) < 4.78 is 12.3. The standard InChI is InChI=1S/C22H20Cl2N4O2/c1-2-3-13-6-7-22-17(8-13)21(12-27,19(28)30-22)20(10-25,11-26)18(29-22)15-5-4-14(23)9-16(15)24/h4-5,9,13,17-18,28H,2-3,6-8H2,1H3. The van der Waals surface area contributed by atoms with Crippen molar-refractivity contribution in [1.29, 1.82) is 21.2 Å². The van der Waals surface area contributed by atoms with Gasteiger partial charge in [-0.3, -0.25) is 5.41 Å². The molecular weight excluding hydrogens is 423 g/mol. The van der Waals surface area contributed by atoms with Crippen molar-refractivity contribution in [2.24, 2.45) is 22.7 Å². The second kappa shape index (κ2) is 7.14. The molecule has 30 heavy (non-hydrogen) atoms. The smallest absolute Gasteiger partial charge is 0.217 e. The van der Waals surface area contributed by atoms with E-state index in [-0.39, 0.29) is 10.9 Å². The van der Waals surface area contributed by atoms with Crippen molar-refractivity contribution >= 4 is 29.1 Å². The van der Waals surface area contributed by atoms with E-state index in [1.54, 1.807) is 12.1 Å². The van der Waals surface area contributed by atoms with E-state index in [0.29, 0.717) is 29.3 Å². The van der Waals surface area contributed by atoms with Gasteiger partial charge in [0.2, 0.25) is 17.1 Å². The van der Waals surface area contributed by atoms with Crippen molar-refractivity contribution in [3.63, 3.8) is 0 Å². The summed E-state index contributed by atoms with van der Waals surface area (Å²) in [6.07, 6.45) is 2.69. The Kier molecular flexibility index (Phi) is 4.99. The normalized spacial score (nSPS) is 36.0. The highest BCUT2D eigenvalue weighted by atomic mass is 35.5. The van der Waals surface area contributed by atoms with Crippen molar-refractivity contribution < 1.29 is 9.47 Å². The fourth-order valence-electron chi connectivity index (χ4n) is 5.58. The van der Waals surface area contributed by atoms with Crippen LogP contribution in [-0.4, -0.2) is 11.7 Å². The number of hydrogen-bond donors (Lipinski definition) is 1. The number of hydrogen-bond acceptors (Lipinski definition) is 6. The lowest BCUT2D eigenvalue weighted by Gasteiger charge is -2.53. The monoisotopic (exact) mass is 442 g/mol. The summed E-state index contributed by atoms with van der Waals surface area (Å²) in [7, 11) is 0. The van der Waals surface area contributed by atoms with E-state index in [1.807, 2.05) is 0 Å². The van der Waals surface area contributed by atoms with E-state index in [0.717, 1.165) is 19.3 Å². The molecule has 1 aromatic rings. The lowest BCUT2D eigenvalue weighted by molar-refractivity contribution is -0.299. The second-order valence-corrected chi connectivity index (χ2v) is 9.18. The van der Waals surface area contributed by atoms with Crippen LogP contribution in [-0.2, 0) is 9.47 Å². The van der Waals surface area contributed by atoms with Crippen LogP contribution in [0.15, 0.2) is 18.2 Å². The highest BCUT2D eigenvalue weighted by Gasteiger charge is 2.81. The Labute approximate surface area is 185 Å². The molecule has 1 aromatic carbocycles. The van der Waals surface area contributed by atoms with Crippen molar-refractivity contribution in [2.75, 3.05) is 0 Å². The number of benzene rings is 1. The van der Waals surface area contributed by atoms with Crippen LogP contribution in [0.25, 0.3) is 0 Å². The topological polar surface area (TPSA) is 114 Å². The van der Waals surface area contributed by atoms with Crippen molar-refractivity contribution in [2.45, 2.75) is 50.9 Å². The summed E-state index contributed by atoms with van der Waals surface area (Å²) in [6, 6.07) is 11.0. The highest BCUT2D eigenvalue weighted by molar-refractivity contribution is 6.35. The Morgan fingerprint density at radius 2 is 1.93 bits per heavy atom. The van der Waals surface area contributed by atoms with Gasteiger partial charge in [0.05, 0.1) is 24.1 Å². The minimum atomic E-state index is -1.99. The molecule has 2 aliphatic heterocycles. The Morgan fingerprint density at radius 3 is 2.53 bits per heavy atom. The molecule has 1 saturated carbocycles. The molecule has 2 bridgehead atoms. The van der Waals surface area contributed by atoms with E-state index in [4.69, 9.17) is 38.1 Å². The number of halogens is 2. The summed E-state index contributed by atoms with van der Waals surface area (Å²) in [4.78, 5) is 0. The van der Waals surface area contributed by atoms with Crippen molar-refractivity contribution in [3.8, 4) is 18.2 Å². The molecule has 3 fully saturated rings. The Morgan fingerprint density at radius 1 is 1.20 bits per heavy atom. The summed E-state index contributed by atoms with van der Waals surface area (Å²) in [5.74, 6) is -1.83. The van der Waals surface area contributed by atoms with Gasteiger partial charge in [0.25, 0.3) is 0 Å². The van der Waals surface area contributed by atoms with Crippen LogP contribution < -0.4 is 0 Å². The van der Waals surface area contributed by atoms with Gasteiger partial charge in [-0.15, -0.1) is 0 Å². The zero-order chi connectivity index (χ0) is 21.7. The van der Waals surface area contributed by atoms with E-state index in [9.17, 15) is 15.8 Å². The predicted molar refractivity (Wildman–Crippen MR) is 109 cm³/mol. The SMILES string of the molecule is CCCC1CCC23OC(=N)C(C#N)(C2C1)C(C#N)(C#N)C(c1ccc(Cl)cc1Cl)O3. The van der Waals surface area contributed by atoms with Crippen LogP contribution in [0, 0.1) is 62.1 Å². The zero-order valence-electron chi connectivity index (χ0n) is 16.4. The third-order valence-electron chi connectivity index (χ3n) is 6.96. The van der Waals surface area contributed by atoms with Gasteiger partial charge >= 0.3 is 0 Å². The average molecular weight is 443 g/mol. The molecule has 5 unspecified atom stereocenters.